The Balaban J connectivity index is 0.831. The third-order valence-electron chi connectivity index (χ3n) is 19.7. The summed E-state index contributed by atoms with van der Waals surface area (Å²) in [6.07, 6.45) is 12.3. The van der Waals surface area contributed by atoms with Gasteiger partial charge in [-0.2, -0.15) is 0 Å². The van der Waals surface area contributed by atoms with Gasteiger partial charge in [-0.05, 0) is 182 Å². The van der Waals surface area contributed by atoms with Gasteiger partial charge < -0.3 is 46.7 Å². The van der Waals surface area contributed by atoms with Crippen LogP contribution in [0.5, 0.6) is 11.5 Å². The van der Waals surface area contributed by atoms with Gasteiger partial charge >= 0.3 is 0 Å². The van der Waals surface area contributed by atoms with Crippen LogP contribution < -0.4 is 26.4 Å². The number of methoxy groups -OCH3 is 1. The van der Waals surface area contributed by atoms with Crippen LogP contribution in [0.1, 0.15) is 128 Å². The van der Waals surface area contributed by atoms with Crippen molar-refractivity contribution in [2.75, 3.05) is 33.3 Å². The number of hydrogen-bond acceptors (Lipinski definition) is 10. The number of hydrogen-bond donors (Lipinski definition) is 8. The van der Waals surface area contributed by atoms with Crippen LogP contribution in [0.3, 0.4) is 0 Å². The smallest absolute Gasteiger partial charge is 0.160 e. The summed E-state index contributed by atoms with van der Waals surface area (Å²) in [7, 11) is 1.53. The van der Waals surface area contributed by atoms with E-state index >= 15 is 0 Å². The molecule has 0 bridgehead atoms. The number of Topliss-reactive ketones (excluding diaryl/α,β-unsaturated/α-hetero) is 2. The van der Waals surface area contributed by atoms with Gasteiger partial charge in [-0.25, -0.2) is 0 Å². The highest BCUT2D eigenvalue weighted by molar-refractivity contribution is 5.89. The Labute approximate surface area is 424 Å². The van der Waals surface area contributed by atoms with E-state index in [1.807, 2.05) is 24.3 Å². The number of dihydropyridines is 1. The number of aromatic hydroxyl groups is 1. The summed E-state index contributed by atoms with van der Waals surface area (Å²) in [4.78, 5) is 32.4. The Hall–Kier alpha value is -5.38. The summed E-state index contributed by atoms with van der Waals surface area (Å²) in [5, 5.41) is 49.3. The van der Waals surface area contributed by atoms with Crippen LogP contribution in [-0.2, 0) is 22.4 Å². The maximum absolute atomic E-state index is 14.9. The van der Waals surface area contributed by atoms with Gasteiger partial charge in [0.15, 0.2) is 17.3 Å². The molecular formula is C61H73N5O6. The number of aromatic amines is 1. The predicted molar refractivity (Wildman–Crippen MR) is 279 cm³/mol. The Bertz CT molecular complexity index is 2890. The second kappa shape index (κ2) is 19.1. The topological polar surface area (TPSA) is 182 Å². The minimum atomic E-state index is -1.22. The number of aliphatic hydroxyl groups excluding tert-OH is 2. The summed E-state index contributed by atoms with van der Waals surface area (Å²) in [5.41, 5.74) is 13.3. The van der Waals surface area contributed by atoms with Crippen molar-refractivity contribution >= 4 is 22.3 Å². The number of aromatic nitrogens is 1. The molecule has 15 atom stereocenters. The first-order chi connectivity index (χ1) is 35.0. The number of H-pyrrole nitrogens is 1. The molecule has 3 heterocycles. The number of ketones is 2. The molecule has 72 heavy (non-hydrogen) atoms. The number of aliphatic hydroxyl groups is 2. The molecule has 1 spiro atoms. The van der Waals surface area contributed by atoms with E-state index in [2.05, 4.69) is 82.3 Å². The third-order valence-corrected chi connectivity index (χ3v) is 19.7. The minimum absolute atomic E-state index is 0.0127. The second-order valence-corrected chi connectivity index (χ2v) is 23.1. The number of allylic oxidation sites excluding steroid dienone is 2. The first kappa shape index (κ1) is 47.6. The highest BCUT2D eigenvalue weighted by Gasteiger charge is 2.63. The van der Waals surface area contributed by atoms with Crippen molar-refractivity contribution in [3.8, 4) is 23.3 Å². The molecule has 12 rings (SSSR count). The van der Waals surface area contributed by atoms with E-state index in [-0.39, 0.29) is 41.7 Å². The fourth-order valence-electron chi connectivity index (χ4n) is 16.4. The lowest BCUT2D eigenvalue weighted by Crippen LogP contribution is -2.65. The SMILES string of the molecule is CCNC[C@@H]1[C@@H]([C@H]2CC[C@]3(C#C[C@H](CC[C@H](O)C[C@H](C4=CCNC(N)=C4)c4ccc5ccccc5c4)c4cc(O)c(OC)cc4CCC3=O)[C@H](O)C2)C[C@@H]2CN[C@H]3CC(=O)[C@H]4CCc5c[nH]c6c5[C@H]4[C@@H]3[C@H]2[C@H]61. The van der Waals surface area contributed by atoms with Crippen molar-refractivity contribution in [2.45, 2.75) is 126 Å². The summed E-state index contributed by atoms with van der Waals surface area (Å²) < 4.78 is 5.59. The van der Waals surface area contributed by atoms with Gasteiger partial charge in [0.1, 0.15) is 11.2 Å². The number of nitrogens with one attached hydrogen (secondary N) is 4. The van der Waals surface area contributed by atoms with Crippen molar-refractivity contribution in [2.24, 2.45) is 52.6 Å². The van der Waals surface area contributed by atoms with E-state index in [4.69, 9.17) is 10.5 Å². The fourth-order valence-corrected chi connectivity index (χ4v) is 16.4. The van der Waals surface area contributed by atoms with Crippen molar-refractivity contribution < 1.29 is 29.6 Å². The zero-order chi connectivity index (χ0) is 49.4. The molecule has 4 aromatic rings. The molecule has 11 heteroatoms. The van der Waals surface area contributed by atoms with Gasteiger partial charge in [0.2, 0.25) is 0 Å². The molecule has 0 amide bonds. The van der Waals surface area contributed by atoms with E-state index in [0.717, 1.165) is 78.4 Å². The van der Waals surface area contributed by atoms with Crippen LogP contribution in [0.2, 0.25) is 0 Å². The van der Waals surface area contributed by atoms with Crippen molar-refractivity contribution in [1.82, 2.24) is 20.9 Å². The largest absolute Gasteiger partial charge is 0.504 e. The number of ether oxygens (including phenoxy) is 1. The monoisotopic (exact) mass is 972 g/mol. The van der Waals surface area contributed by atoms with Crippen LogP contribution in [0.4, 0.5) is 0 Å². The van der Waals surface area contributed by atoms with Gasteiger partial charge in [0.25, 0.3) is 0 Å². The number of benzene rings is 3. The van der Waals surface area contributed by atoms with E-state index in [1.165, 1.54) is 23.9 Å². The zero-order valence-corrected chi connectivity index (χ0v) is 42.0. The molecule has 9 N–H and O–H groups in total. The van der Waals surface area contributed by atoms with E-state index in [1.54, 1.807) is 6.07 Å². The van der Waals surface area contributed by atoms with Gasteiger partial charge in [0.05, 0.1) is 25.1 Å². The second-order valence-electron chi connectivity index (χ2n) is 23.1. The molecule has 378 valence electrons. The fraction of sp³-hybridized carbons (Fsp3) is 0.541. The first-order valence-corrected chi connectivity index (χ1v) is 27.4. The van der Waals surface area contributed by atoms with Crippen LogP contribution in [0.25, 0.3) is 10.8 Å². The number of aryl methyl sites for hydroxylation is 2. The number of carbonyl (C=O) groups excluding carboxylic acids is 2. The van der Waals surface area contributed by atoms with Gasteiger partial charge in [0, 0.05) is 66.9 Å². The number of carbonyl (C=O) groups is 2. The number of fused-ring (bicyclic) bond motifs is 3. The van der Waals surface area contributed by atoms with Gasteiger partial charge in [-0.3, -0.25) is 9.59 Å². The van der Waals surface area contributed by atoms with Crippen LogP contribution in [-0.4, -0.2) is 83.4 Å². The maximum Gasteiger partial charge on any atom is 0.160 e. The summed E-state index contributed by atoms with van der Waals surface area (Å²) in [6, 6.07) is 18.6. The van der Waals surface area contributed by atoms with Gasteiger partial charge in [-0.1, -0.05) is 67.3 Å². The normalized spacial score (nSPS) is 34.2. The summed E-state index contributed by atoms with van der Waals surface area (Å²) in [6.45, 7) is 5.52. The molecule has 0 unspecified atom stereocenters. The van der Waals surface area contributed by atoms with Crippen LogP contribution >= 0.6 is 0 Å². The number of phenolic OH excluding ortho intramolecular Hbond substituents is 1. The van der Waals surface area contributed by atoms with Crippen LogP contribution in [0.15, 0.2) is 84.3 Å². The van der Waals surface area contributed by atoms with Crippen molar-refractivity contribution in [1.29, 1.82) is 0 Å². The lowest BCUT2D eigenvalue weighted by atomic mass is 9.44. The average Bonchev–Trinajstić information content (AvgIpc) is 3.85. The molecule has 0 radical (unpaired) electrons. The Morgan fingerprint density at radius 3 is 2.67 bits per heavy atom. The molecule has 3 aromatic carbocycles. The highest BCUT2D eigenvalue weighted by Crippen LogP contribution is 2.66. The summed E-state index contributed by atoms with van der Waals surface area (Å²) >= 11 is 0. The lowest BCUT2D eigenvalue weighted by Gasteiger charge is -2.63. The molecule has 11 nitrogen and oxygen atoms in total. The van der Waals surface area contributed by atoms with E-state index < -0.39 is 23.5 Å². The molecule has 2 aliphatic heterocycles. The molecule has 8 aliphatic rings. The summed E-state index contributed by atoms with van der Waals surface area (Å²) in [5.74, 6) is 11.2. The minimum Gasteiger partial charge on any atom is -0.504 e. The molecule has 1 saturated heterocycles. The molecule has 1 aromatic heterocycles. The highest BCUT2D eigenvalue weighted by atomic mass is 16.5. The number of nitrogens with two attached hydrogens (primary N) is 1. The molecule has 6 aliphatic carbocycles. The average molecular weight is 972 g/mol. The quantitative estimate of drug-likeness (QED) is 0.0654. The number of rotatable bonds is 12. The Morgan fingerprint density at radius 1 is 0.986 bits per heavy atom. The van der Waals surface area contributed by atoms with E-state index in [9.17, 15) is 24.9 Å². The van der Waals surface area contributed by atoms with Crippen molar-refractivity contribution in [3.05, 3.63) is 118 Å². The molecular weight excluding hydrogens is 899 g/mol. The Kier molecular flexibility index (Phi) is 12.7. The van der Waals surface area contributed by atoms with Crippen LogP contribution in [0, 0.1) is 58.7 Å². The first-order valence-electron chi connectivity index (χ1n) is 27.4. The third kappa shape index (κ3) is 8.11. The maximum atomic E-state index is 14.9. The number of phenols is 1. The standard InChI is InChI=1S/C61H73N5O6/c1-3-63-32-47-46(23-41-31-65-48-29-49(68)43-14-11-40-30-66-60-56(40)57(43)59(48)55(41)58(47)60)38-17-20-61(53(71)25-38)19-16-34(45-28-50(69)51(72-2)24-37(45)12-15-52(61)70)10-13-42(67)27-44(39-18-21-64-54(62)26-39)36-9-8-33-6-4-5-7-35(33)22-36/h4-9,18,22,24,26,28,30,34,38,41-44,46-48,53,55,57-59,63-67,69,71H,3,10-15,17,20-21,23,25,27,29,31-32,62H2,1-2H3/t34-,38-,41+,42-,43+,44-,46+,47+,48-,53+,55+,57-,58+,59-,61-/m0/s1. The molecule has 3 saturated carbocycles. The zero-order valence-electron chi connectivity index (χ0n) is 42.0. The predicted octanol–water partition coefficient (Wildman–Crippen LogP) is 7.76. The van der Waals surface area contributed by atoms with Crippen molar-refractivity contribution in [3.63, 3.8) is 0 Å². The van der Waals surface area contributed by atoms with Gasteiger partial charge in [-0.15, -0.1) is 0 Å². The number of piperidine rings is 1. The Morgan fingerprint density at radius 2 is 1.85 bits per heavy atom. The lowest BCUT2D eigenvalue weighted by molar-refractivity contribution is -0.138. The van der Waals surface area contributed by atoms with E-state index in [0.29, 0.717) is 110 Å². The molecule has 4 fully saturated rings.